The van der Waals surface area contributed by atoms with Gasteiger partial charge in [0, 0.05) is 34.4 Å². The van der Waals surface area contributed by atoms with Crippen LogP contribution >= 0.6 is 15.9 Å². The van der Waals surface area contributed by atoms with Gasteiger partial charge < -0.3 is 9.15 Å². The maximum Gasteiger partial charge on any atom is 0.213 e. The zero-order chi connectivity index (χ0) is 17.7. The summed E-state index contributed by atoms with van der Waals surface area (Å²) in [5.74, 6) is 2.60. The van der Waals surface area contributed by atoms with Gasteiger partial charge in [0.2, 0.25) is 6.23 Å². The van der Waals surface area contributed by atoms with Crippen molar-refractivity contribution in [3.05, 3.63) is 82.0 Å². The lowest BCUT2D eigenvalue weighted by Crippen LogP contribution is -2.33. The summed E-state index contributed by atoms with van der Waals surface area (Å²) in [6, 6.07) is 14.1. The predicted molar refractivity (Wildman–Crippen MR) is 101 cm³/mol. The van der Waals surface area contributed by atoms with E-state index in [4.69, 9.17) is 14.3 Å². The standard InChI is InChI=1S/C20H16BrN3O2/c1-12-2-4-19(25-12)16-11-17-15-10-14(21)3-5-18(15)26-20(24(17)23-16)13-6-8-22-9-7-13/h2-10,17,20H,11H2,1H3/t17-,20+/m1/s1. The van der Waals surface area contributed by atoms with Crippen molar-refractivity contribution in [1.82, 2.24) is 9.99 Å². The molecule has 2 aliphatic rings. The lowest BCUT2D eigenvalue weighted by molar-refractivity contribution is -0.0191. The largest absolute Gasteiger partial charge is 0.464 e. The maximum atomic E-state index is 6.32. The van der Waals surface area contributed by atoms with Crippen LogP contribution in [0.15, 0.2) is 68.8 Å². The van der Waals surface area contributed by atoms with E-state index in [-0.39, 0.29) is 12.3 Å². The highest BCUT2D eigenvalue weighted by Gasteiger charge is 2.41. The number of aromatic nitrogens is 1. The molecule has 5 nitrogen and oxygen atoms in total. The fraction of sp³-hybridized carbons (Fsp3) is 0.200. The number of hydrazone groups is 1. The van der Waals surface area contributed by atoms with Crippen molar-refractivity contribution in [2.45, 2.75) is 25.6 Å². The lowest BCUT2D eigenvalue weighted by atomic mass is 9.97. The van der Waals surface area contributed by atoms with Crippen LogP contribution in [0.2, 0.25) is 0 Å². The Labute approximate surface area is 159 Å². The van der Waals surface area contributed by atoms with Gasteiger partial charge >= 0.3 is 0 Å². The first kappa shape index (κ1) is 15.6. The normalized spacial score (nSPS) is 21.0. The molecule has 130 valence electrons. The Morgan fingerprint density at radius 2 is 1.96 bits per heavy atom. The minimum Gasteiger partial charge on any atom is -0.464 e. The molecule has 0 bridgehead atoms. The summed E-state index contributed by atoms with van der Waals surface area (Å²) in [5.41, 5.74) is 3.10. The van der Waals surface area contributed by atoms with Crippen molar-refractivity contribution in [1.29, 1.82) is 0 Å². The molecule has 2 atom stereocenters. The molecule has 0 spiro atoms. The molecule has 0 N–H and O–H groups in total. The molecule has 26 heavy (non-hydrogen) atoms. The molecule has 0 fully saturated rings. The summed E-state index contributed by atoms with van der Waals surface area (Å²) < 4.78 is 13.2. The Bertz CT molecular complexity index is 999. The molecule has 3 aromatic rings. The van der Waals surface area contributed by atoms with Crippen LogP contribution in [0, 0.1) is 6.92 Å². The number of fused-ring (bicyclic) bond motifs is 3. The van der Waals surface area contributed by atoms with Crippen LogP contribution in [0.3, 0.4) is 0 Å². The minimum absolute atomic E-state index is 0.106. The molecule has 1 aromatic carbocycles. The fourth-order valence-electron chi connectivity index (χ4n) is 3.54. The van der Waals surface area contributed by atoms with Crippen LogP contribution < -0.4 is 4.74 Å². The average Bonchev–Trinajstić information content (AvgIpc) is 3.28. The van der Waals surface area contributed by atoms with E-state index in [0.29, 0.717) is 0 Å². The van der Waals surface area contributed by atoms with Gasteiger partial charge in [-0.25, -0.2) is 5.01 Å². The first-order valence-electron chi connectivity index (χ1n) is 8.48. The number of nitrogens with zero attached hydrogens (tertiary/aromatic N) is 3. The second-order valence-corrected chi connectivity index (χ2v) is 7.41. The number of rotatable bonds is 2. The molecule has 2 aromatic heterocycles. The number of pyridine rings is 1. The summed E-state index contributed by atoms with van der Waals surface area (Å²) >= 11 is 3.57. The SMILES string of the molecule is Cc1ccc(C2=NN3[C@H](C2)c2cc(Br)ccc2O[C@H]3c2ccncc2)o1. The molecule has 0 unspecified atom stereocenters. The van der Waals surface area contributed by atoms with E-state index >= 15 is 0 Å². The molecular weight excluding hydrogens is 394 g/mol. The molecule has 4 heterocycles. The molecule has 0 saturated heterocycles. The minimum atomic E-state index is -0.287. The number of furan rings is 1. The van der Waals surface area contributed by atoms with E-state index in [9.17, 15) is 0 Å². The van der Waals surface area contributed by atoms with Crippen molar-refractivity contribution in [2.24, 2.45) is 5.10 Å². The first-order chi connectivity index (χ1) is 12.7. The van der Waals surface area contributed by atoms with Gasteiger partial charge in [-0.05, 0) is 49.4 Å². The van der Waals surface area contributed by atoms with Crippen molar-refractivity contribution in [3.8, 4) is 5.75 Å². The van der Waals surface area contributed by atoms with E-state index in [1.54, 1.807) is 12.4 Å². The quantitative estimate of drug-likeness (QED) is 0.598. The summed E-state index contributed by atoms with van der Waals surface area (Å²) in [7, 11) is 0. The number of ether oxygens (including phenoxy) is 1. The Hall–Kier alpha value is -2.60. The van der Waals surface area contributed by atoms with E-state index in [1.165, 1.54) is 0 Å². The third-order valence-electron chi connectivity index (χ3n) is 4.77. The highest BCUT2D eigenvalue weighted by molar-refractivity contribution is 9.10. The molecule has 0 aliphatic carbocycles. The van der Waals surface area contributed by atoms with Gasteiger partial charge in [-0.3, -0.25) is 4.98 Å². The second kappa shape index (κ2) is 5.99. The van der Waals surface area contributed by atoms with Crippen molar-refractivity contribution >= 4 is 21.6 Å². The summed E-state index contributed by atoms with van der Waals surface area (Å²) in [4.78, 5) is 4.12. The van der Waals surface area contributed by atoms with Crippen LogP contribution in [-0.4, -0.2) is 15.7 Å². The molecule has 0 amide bonds. The monoisotopic (exact) mass is 409 g/mol. The van der Waals surface area contributed by atoms with Gasteiger partial charge in [-0.2, -0.15) is 5.10 Å². The number of hydrogen-bond acceptors (Lipinski definition) is 5. The highest BCUT2D eigenvalue weighted by Crippen LogP contribution is 2.48. The van der Waals surface area contributed by atoms with E-state index in [0.717, 1.165) is 45.0 Å². The van der Waals surface area contributed by atoms with Crippen LogP contribution in [0.5, 0.6) is 5.75 Å². The summed E-state index contributed by atoms with van der Waals surface area (Å²) in [6.45, 7) is 1.95. The number of hydrogen-bond donors (Lipinski definition) is 0. The molecular formula is C20H16BrN3O2. The molecule has 6 heteroatoms. The first-order valence-corrected chi connectivity index (χ1v) is 9.27. The number of halogens is 1. The van der Waals surface area contributed by atoms with Gasteiger partial charge in [0.1, 0.15) is 23.0 Å². The third kappa shape index (κ3) is 2.52. The van der Waals surface area contributed by atoms with Gasteiger partial charge in [-0.1, -0.05) is 15.9 Å². The van der Waals surface area contributed by atoms with Crippen LogP contribution in [-0.2, 0) is 0 Å². The lowest BCUT2D eigenvalue weighted by Gasteiger charge is -2.38. The zero-order valence-corrected chi connectivity index (χ0v) is 15.7. The number of aryl methyl sites for hydroxylation is 1. The molecule has 0 saturated carbocycles. The average molecular weight is 410 g/mol. The summed E-state index contributed by atoms with van der Waals surface area (Å²) in [5, 5.41) is 6.91. The van der Waals surface area contributed by atoms with Crippen molar-refractivity contribution < 1.29 is 9.15 Å². The van der Waals surface area contributed by atoms with E-state index < -0.39 is 0 Å². The van der Waals surface area contributed by atoms with Crippen LogP contribution in [0.4, 0.5) is 0 Å². The van der Waals surface area contributed by atoms with Gasteiger partial charge in [0.15, 0.2) is 0 Å². The zero-order valence-electron chi connectivity index (χ0n) is 14.1. The molecule has 0 radical (unpaired) electrons. The van der Waals surface area contributed by atoms with Gasteiger partial charge in [0.05, 0.1) is 6.04 Å². The Kier molecular flexibility index (Phi) is 3.60. The summed E-state index contributed by atoms with van der Waals surface area (Å²) in [6.07, 6.45) is 4.05. The fourth-order valence-corrected chi connectivity index (χ4v) is 3.92. The second-order valence-electron chi connectivity index (χ2n) is 6.49. The van der Waals surface area contributed by atoms with Crippen LogP contribution in [0.1, 0.15) is 41.3 Å². The third-order valence-corrected chi connectivity index (χ3v) is 5.26. The smallest absolute Gasteiger partial charge is 0.213 e. The topological polar surface area (TPSA) is 50.9 Å². The van der Waals surface area contributed by atoms with Crippen LogP contribution in [0.25, 0.3) is 0 Å². The predicted octanol–water partition coefficient (Wildman–Crippen LogP) is 4.99. The molecule has 2 aliphatic heterocycles. The van der Waals surface area contributed by atoms with E-state index in [1.807, 2.05) is 48.3 Å². The highest BCUT2D eigenvalue weighted by atomic mass is 79.9. The van der Waals surface area contributed by atoms with Gasteiger partial charge in [-0.15, -0.1) is 0 Å². The Balaban J connectivity index is 1.61. The van der Waals surface area contributed by atoms with Gasteiger partial charge in [0.25, 0.3) is 0 Å². The van der Waals surface area contributed by atoms with Crippen molar-refractivity contribution in [2.75, 3.05) is 0 Å². The van der Waals surface area contributed by atoms with E-state index in [2.05, 4.69) is 27.0 Å². The Morgan fingerprint density at radius 1 is 1.12 bits per heavy atom. The maximum absolute atomic E-state index is 6.32. The van der Waals surface area contributed by atoms with Crippen molar-refractivity contribution in [3.63, 3.8) is 0 Å². The molecule has 5 rings (SSSR count). The Morgan fingerprint density at radius 3 is 2.73 bits per heavy atom. The number of benzene rings is 1.